The molecule has 2 rings (SSSR count). The summed E-state index contributed by atoms with van der Waals surface area (Å²) in [5, 5.41) is 3.91. The largest absolute Gasteiger partial charge is 0.496 e. The molecule has 0 unspecified atom stereocenters. The summed E-state index contributed by atoms with van der Waals surface area (Å²) in [7, 11) is 1.58. The molecule has 0 aromatic heterocycles. The quantitative estimate of drug-likeness (QED) is 0.506. The lowest BCUT2D eigenvalue weighted by Crippen LogP contribution is -2.19. The van der Waals surface area contributed by atoms with Gasteiger partial charge in [0.1, 0.15) is 5.75 Å². The maximum absolute atomic E-state index is 11.9. The van der Waals surface area contributed by atoms with Gasteiger partial charge in [-0.3, -0.25) is 4.79 Å². The lowest BCUT2D eigenvalue weighted by Gasteiger charge is -2.04. The molecule has 0 spiro atoms. The van der Waals surface area contributed by atoms with E-state index in [1.54, 1.807) is 31.4 Å². The number of methoxy groups -OCH3 is 1. The molecule has 0 aliphatic rings. The number of hydrogen-bond donors (Lipinski definition) is 2. The minimum absolute atomic E-state index is 0.353. The Labute approximate surface area is 117 Å². The second kappa shape index (κ2) is 6.38. The third-order valence-corrected chi connectivity index (χ3v) is 2.71. The van der Waals surface area contributed by atoms with E-state index in [1.165, 1.54) is 6.21 Å². The van der Waals surface area contributed by atoms with E-state index in [-0.39, 0.29) is 5.91 Å². The lowest BCUT2D eigenvalue weighted by molar-refractivity contribution is 0.0956. The Kier molecular flexibility index (Phi) is 4.34. The predicted molar refractivity (Wildman–Crippen MR) is 78.9 cm³/mol. The SMILES string of the molecule is COc1ccccc1/C=N\NC(=O)c1ccccc1N. The summed E-state index contributed by atoms with van der Waals surface area (Å²) in [5.41, 5.74) is 9.73. The Morgan fingerprint density at radius 1 is 1.20 bits per heavy atom. The zero-order chi connectivity index (χ0) is 14.4. The first-order valence-electron chi connectivity index (χ1n) is 6.03. The molecule has 0 radical (unpaired) electrons. The second-order valence-electron chi connectivity index (χ2n) is 4.03. The molecule has 0 bridgehead atoms. The molecular formula is C15H15N3O2. The minimum Gasteiger partial charge on any atom is -0.496 e. The van der Waals surface area contributed by atoms with E-state index in [4.69, 9.17) is 10.5 Å². The van der Waals surface area contributed by atoms with Gasteiger partial charge in [0, 0.05) is 11.3 Å². The number of nitrogen functional groups attached to an aromatic ring is 1. The van der Waals surface area contributed by atoms with Crippen LogP contribution in [0, 0.1) is 0 Å². The Balaban J connectivity index is 2.07. The van der Waals surface area contributed by atoms with E-state index in [9.17, 15) is 4.79 Å². The number of hydrogen-bond acceptors (Lipinski definition) is 4. The number of benzene rings is 2. The first-order valence-corrected chi connectivity index (χ1v) is 6.03. The van der Waals surface area contributed by atoms with Gasteiger partial charge in [0.2, 0.25) is 0 Å². The normalized spacial score (nSPS) is 10.4. The van der Waals surface area contributed by atoms with E-state index >= 15 is 0 Å². The second-order valence-corrected chi connectivity index (χ2v) is 4.03. The van der Waals surface area contributed by atoms with Gasteiger partial charge < -0.3 is 10.5 Å². The summed E-state index contributed by atoms with van der Waals surface area (Å²) in [4.78, 5) is 11.9. The van der Waals surface area contributed by atoms with Crippen molar-refractivity contribution in [3.63, 3.8) is 0 Å². The van der Waals surface area contributed by atoms with Crippen LogP contribution in [0.3, 0.4) is 0 Å². The molecule has 5 nitrogen and oxygen atoms in total. The van der Waals surface area contributed by atoms with Gasteiger partial charge in [0.05, 0.1) is 18.9 Å². The molecule has 0 saturated carbocycles. The van der Waals surface area contributed by atoms with Crippen LogP contribution in [-0.4, -0.2) is 19.2 Å². The molecule has 0 atom stereocenters. The van der Waals surface area contributed by atoms with Gasteiger partial charge in [-0.15, -0.1) is 0 Å². The monoisotopic (exact) mass is 269 g/mol. The highest BCUT2D eigenvalue weighted by molar-refractivity contribution is 5.99. The van der Waals surface area contributed by atoms with Crippen LogP contribution in [0.4, 0.5) is 5.69 Å². The molecule has 3 N–H and O–H groups in total. The lowest BCUT2D eigenvalue weighted by atomic mass is 10.2. The highest BCUT2D eigenvalue weighted by Gasteiger charge is 2.07. The smallest absolute Gasteiger partial charge is 0.273 e. The predicted octanol–water partition coefficient (Wildman–Crippen LogP) is 2.04. The highest BCUT2D eigenvalue weighted by atomic mass is 16.5. The first-order chi connectivity index (χ1) is 9.72. The average Bonchev–Trinajstić information content (AvgIpc) is 2.48. The van der Waals surface area contributed by atoms with Crippen molar-refractivity contribution in [1.82, 2.24) is 5.43 Å². The van der Waals surface area contributed by atoms with Crippen LogP contribution in [0.25, 0.3) is 0 Å². The highest BCUT2D eigenvalue weighted by Crippen LogP contribution is 2.14. The Bertz CT molecular complexity index is 639. The molecule has 0 aliphatic carbocycles. The van der Waals surface area contributed by atoms with Gasteiger partial charge in [-0.25, -0.2) is 5.43 Å². The van der Waals surface area contributed by atoms with Crippen LogP contribution < -0.4 is 15.9 Å². The number of nitrogens with two attached hydrogens (primary N) is 1. The van der Waals surface area contributed by atoms with Crippen molar-refractivity contribution in [2.45, 2.75) is 0 Å². The molecule has 102 valence electrons. The third-order valence-electron chi connectivity index (χ3n) is 2.71. The van der Waals surface area contributed by atoms with Crippen molar-refractivity contribution in [2.24, 2.45) is 5.10 Å². The summed E-state index contributed by atoms with van der Waals surface area (Å²) in [6.45, 7) is 0. The van der Waals surface area contributed by atoms with E-state index < -0.39 is 0 Å². The Morgan fingerprint density at radius 3 is 2.65 bits per heavy atom. The maximum atomic E-state index is 11.9. The van der Waals surface area contributed by atoms with Crippen molar-refractivity contribution in [3.8, 4) is 5.75 Å². The van der Waals surface area contributed by atoms with Gasteiger partial charge in [-0.05, 0) is 24.3 Å². The zero-order valence-electron chi connectivity index (χ0n) is 11.0. The summed E-state index contributed by atoms with van der Waals surface area (Å²) in [5.74, 6) is 0.332. The fourth-order valence-electron chi connectivity index (χ4n) is 1.70. The van der Waals surface area contributed by atoms with Crippen LogP contribution in [0.2, 0.25) is 0 Å². The Morgan fingerprint density at radius 2 is 1.90 bits per heavy atom. The Hall–Kier alpha value is -2.82. The summed E-state index contributed by atoms with van der Waals surface area (Å²) in [6, 6.07) is 14.2. The molecule has 2 aromatic carbocycles. The van der Waals surface area contributed by atoms with Crippen LogP contribution in [0.5, 0.6) is 5.75 Å². The minimum atomic E-state index is -0.353. The number of anilines is 1. The molecule has 20 heavy (non-hydrogen) atoms. The summed E-state index contributed by atoms with van der Waals surface area (Å²) >= 11 is 0. The maximum Gasteiger partial charge on any atom is 0.273 e. The number of carbonyl (C=O) groups is 1. The summed E-state index contributed by atoms with van der Waals surface area (Å²) in [6.07, 6.45) is 1.52. The van der Waals surface area contributed by atoms with Crippen molar-refractivity contribution in [3.05, 3.63) is 59.7 Å². The van der Waals surface area contributed by atoms with Crippen LogP contribution in [0.1, 0.15) is 15.9 Å². The number of nitrogens with one attached hydrogen (secondary N) is 1. The van der Waals surface area contributed by atoms with E-state index in [1.807, 2.05) is 24.3 Å². The molecule has 2 aromatic rings. The van der Waals surface area contributed by atoms with Crippen molar-refractivity contribution in [1.29, 1.82) is 0 Å². The number of carbonyl (C=O) groups excluding carboxylic acids is 1. The fourth-order valence-corrected chi connectivity index (χ4v) is 1.70. The number of nitrogens with zero attached hydrogens (tertiary/aromatic N) is 1. The van der Waals surface area contributed by atoms with E-state index in [0.717, 1.165) is 5.56 Å². The van der Waals surface area contributed by atoms with E-state index in [2.05, 4.69) is 10.5 Å². The van der Waals surface area contributed by atoms with Gasteiger partial charge in [0.15, 0.2) is 0 Å². The average molecular weight is 269 g/mol. The van der Waals surface area contributed by atoms with E-state index in [0.29, 0.717) is 17.0 Å². The number of hydrazone groups is 1. The molecule has 0 saturated heterocycles. The zero-order valence-corrected chi connectivity index (χ0v) is 11.0. The summed E-state index contributed by atoms with van der Waals surface area (Å²) < 4.78 is 5.18. The van der Waals surface area contributed by atoms with Crippen molar-refractivity contribution in [2.75, 3.05) is 12.8 Å². The van der Waals surface area contributed by atoms with Gasteiger partial charge >= 0.3 is 0 Å². The third kappa shape index (κ3) is 3.14. The van der Waals surface area contributed by atoms with Gasteiger partial charge in [-0.1, -0.05) is 24.3 Å². The van der Waals surface area contributed by atoms with Crippen LogP contribution in [0.15, 0.2) is 53.6 Å². The number of rotatable bonds is 4. The number of amides is 1. The first kappa shape index (κ1) is 13.6. The van der Waals surface area contributed by atoms with Crippen molar-refractivity contribution >= 4 is 17.8 Å². The van der Waals surface area contributed by atoms with Crippen LogP contribution in [-0.2, 0) is 0 Å². The fraction of sp³-hybridized carbons (Fsp3) is 0.0667. The number of ether oxygens (including phenoxy) is 1. The van der Waals surface area contributed by atoms with Gasteiger partial charge in [0.25, 0.3) is 5.91 Å². The van der Waals surface area contributed by atoms with Crippen molar-refractivity contribution < 1.29 is 9.53 Å². The molecular weight excluding hydrogens is 254 g/mol. The molecule has 0 heterocycles. The number of para-hydroxylation sites is 2. The topological polar surface area (TPSA) is 76.7 Å². The molecule has 5 heteroatoms. The molecule has 0 fully saturated rings. The van der Waals surface area contributed by atoms with Gasteiger partial charge in [-0.2, -0.15) is 5.10 Å². The van der Waals surface area contributed by atoms with Crippen LogP contribution >= 0.6 is 0 Å². The molecule has 0 aliphatic heterocycles. The standard InChI is InChI=1S/C15H15N3O2/c1-20-14-9-5-2-6-11(14)10-17-18-15(19)12-7-3-4-8-13(12)16/h2-10H,16H2,1H3,(H,18,19)/b17-10-. The molecule has 1 amide bonds.